The zero-order valence-corrected chi connectivity index (χ0v) is 16.0. The molecule has 0 saturated carbocycles. The van der Waals surface area contributed by atoms with Crippen molar-refractivity contribution in [3.05, 3.63) is 74.0 Å². The second-order valence-electron chi connectivity index (χ2n) is 6.38. The molecule has 3 N–H and O–H groups in total. The van der Waals surface area contributed by atoms with Gasteiger partial charge in [-0.1, -0.05) is 40.4 Å². The van der Waals surface area contributed by atoms with Crippen molar-refractivity contribution >= 4 is 34.8 Å². The first-order valence-electron chi connectivity index (χ1n) is 8.45. The van der Waals surface area contributed by atoms with Gasteiger partial charge in [0.15, 0.2) is 0 Å². The molecule has 4 aromatic rings. The number of fused-ring (bicyclic) bond motifs is 2. The molecule has 1 aliphatic rings. The molecular weight excluding hydrogens is 417 g/mol. The summed E-state index contributed by atoms with van der Waals surface area (Å²) >= 11 is 12.5. The Morgan fingerprint density at radius 1 is 1.10 bits per heavy atom. The lowest BCUT2D eigenvalue weighted by Gasteiger charge is -2.28. The van der Waals surface area contributed by atoms with Crippen molar-refractivity contribution in [1.29, 1.82) is 0 Å². The molecule has 2 aromatic carbocycles. The Morgan fingerprint density at radius 3 is 2.66 bits per heavy atom. The summed E-state index contributed by atoms with van der Waals surface area (Å²) in [4.78, 5) is 12.6. The van der Waals surface area contributed by atoms with E-state index >= 15 is 0 Å². The summed E-state index contributed by atoms with van der Waals surface area (Å²) in [6, 6.07) is 11.0. The van der Waals surface area contributed by atoms with Gasteiger partial charge in [-0.25, -0.2) is 5.10 Å². The highest BCUT2D eigenvalue weighted by Gasteiger charge is 2.34. The van der Waals surface area contributed by atoms with Crippen LogP contribution in [0.2, 0.25) is 10.0 Å². The van der Waals surface area contributed by atoms with Gasteiger partial charge in [0.1, 0.15) is 23.2 Å². The monoisotopic (exact) mass is 427 g/mol. The van der Waals surface area contributed by atoms with E-state index in [9.17, 15) is 9.90 Å². The van der Waals surface area contributed by atoms with E-state index in [1.807, 2.05) is 0 Å². The van der Waals surface area contributed by atoms with Gasteiger partial charge in [0.25, 0.3) is 5.56 Å². The van der Waals surface area contributed by atoms with E-state index in [1.165, 1.54) is 0 Å². The summed E-state index contributed by atoms with van der Waals surface area (Å²) in [6.07, 6.45) is 0. The zero-order valence-electron chi connectivity index (χ0n) is 14.5. The van der Waals surface area contributed by atoms with E-state index in [0.717, 1.165) is 5.56 Å². The second-order valence-corrected chi connectivity index (χ2v) is 7.22. The molecule has 3 heterocycles. The van der Waals surface area contributed by atoms with E-state index in [2.05, 4.69) is 31.0 Å². The number of aromatic nitrogens is 6. The fourth-order valence-electron chi connectivity index (χ4n) is 3.39. The van der Waals surface area contributed by atoms with Crippen LogP contribution >= 0.6 is 23.2 Å². The van der Waals surface area contributed by atoms with Gasteiger partial charge in [0.2, 0.25) is 5.95 Å². The summed E-state index contributed by atoms with van der Waals surface area (Å²) in [5, 5.41) is 32.0. The predicted octanol–water partition coefficient (Wildman–Crippen LogP) is 3.13. The Labute approximate surface area is 172 Å². The number of hydrogen-bond acceptors (Lipinski definition) is 7. The van der Waals surface area contributed by atoms with Gasteiger partial charge >= 0.3 is 0 Å². The Morgan fingerprint density at radius 2 is 1.90 bits per heavy atom. The van der Waals surface area contributed by atoms with Crippen molar-refractivity contribution in [3.63, 3.8) is 0 Å². The highest BCUT2D eigenvalue weighted by molar-refractivity contribution is 6.36. The maximum Gasteiger partial charge on any atom is 0.288 e. The third kappa shape index (κ3) is 2.82. The van der Waals surface area contributed by atoms with Gasteiger partial charge in [-0.05, 0) is 46.3 Å². The summed E-state index contributed by atoms with van der Waals surface area (Å²) in [7, 11) is 0. The first-order valence-corrected chi connectivity index (χ1v) is 9.20. The maximum atomic E-state index is 12.6. The molecule has 2 aromatic heterocycles. The number of hydrogen-bond donors (Lipinski definition) is 3. The summed E-state index contributed by atoms with van der Waals surface area (Å²) < 4.78 is 1.54. The minimum absolute atomic E-state index is 0.116. The number of tetrazole rings is 1. The molecule has 0 bridgehead atoms. The molecular formula is C18H11Cl2N7O2. The lowest BCUT2D eigenvalue weighted by atomic mass is 9.92. The number of H-pyrrole nitrogens is 1. The van der Waals surface area contributed by atoms with Crippen molar-refractivity contribution in [2.24, 2.45) is 0 Å². The predicted molar refractivity (Wildman–Crippen MR) is 107 cm³/mol. The number of anilines is 2. The van der Waals surface area contributed by atoms with Gasteiger partial charge in [0, 0.05) is 16.1 Å². The van der Waals surface area contributed by atoms with Crippen LogP contribution in [0.1, 0.15) is 17.2 Å². The number of phenols is 1. The van der Waals surface area contributed by atoms with Crippen LogP contribution in [0, 0.1) is 0 Å². The number of aromatic amines is 1. The molecule has 5 rings (SSSR count). The Balaban J connectivity index is 1.83. The fourth-order valence-corrected chi connectivity index (χ4v) is 3.89. The fraction of sp³-hybridized carbons (Fsp3) is 0.0556. The first kappa shape index (κ1) is 17.7. The topological polar surface area (TPSA) is 122 Å². The van der Waals surface area contributed by atoms with E-state index < -0.39 is 11.6 Å². The smallest absolute Gasteiger partial charge is 0.288 e. The van der Waals surface area contributed by atoms with Gasteiger partial charge in [-0.15, -0.1) is 0 Å². The van der Waals surface area contributed by atoms with Crippen molar-refractivity contribution in [1.82, 2.24) is 30.4 Å². The standard InChI is InChI=1S/C18H11Cl2N7O2/c19-9-3-6-11(12(20)7-9)14-13-15(17(29)23-22-14)21-18-24-25-26-27(18)16(13)8-1-4-10(28)5-2-8/h1-7,16,28H,(H,23,29)(H,21,24,26)/t16-/m0/s1. The molecule has 0 unspecified atom stereocenters. The van der Waals surface area contributed by atoms with Gasteiger partial charge < -0.3 is 10.4 Å². The average Bonchev–Trinajstić information content (AvgIpc) is 3.17. The molecule has 11 heteroatoms. The third-order valence-corrected chi connectivity index (χ3v) is 5.21. The molecule has 1 aliphatic heterocycles. The lowest BCUT2D eigenvalue weighted by molar-refractivity contribution is 0.474. The molecule has 0 spiro atoms. The average molecular weight is 428 g/mol. The largest absolute Gasteiger partial charge is 0.508 e. The molecule has 0 aliphatic carbocycles. The van der Waals surface area contributed by atoms with Crippen LogP contribution in [0.5, 0.6) is 5.75 Å². The highest BCUT2D eigenvalue weighted by Crippen LogP contribution is 2.42. The highest BCUT2D eigenvalue weighted by atomic mass is 35.5. The number of halogens is 2. The third-order valence-electron chi connectivity index (χ3n) is 4.66. The zero-order chi connectivity index (χ0) is 20.1. The SMILES string of the molecule is O=c1[nH]nc(-c2ccc(Cl)cc2Cl)c2c1Nc1nnnn1[C@H]2c1ccc(O)cc1. The number of phenolic OH excluding ortho intramolecular Hbond substituents is 1. The molecule has 29 heavy (non-hydrogen) atoms. The summed E-state index contributed by atoms with van der Waals surface area (Å²) in [6.45, 7) is 0. The van der Waals surface area contributed by atoms with Crippen molar-refractivity contribution in [3.8, 4) is 17.0 Å². The Kier molecular flexibility index (Phi) is 4.00. The van der Waals surface area contributed by atoms with E-state index in [4.69, 9.17) is 23.2 Å². The van der Waals surface area contributed by atoms with Crippen molar-refractivity contribution in [2.75, 3.05) is 5.32 Å². The van der Waals surface area contributed by atoms with Crippen LogP contribution < -0.4 is 10.9 Å². The quantitative estimate of drug-likeness (QED) is 0.395. The van der Waals surface area contributed by atoms with Crippen molar-refractivity contribution in [2.45, 2.75) is 6.04 Å². The minimum Gasteiger partial charge on any atom is -0.508 e. The van der Waals surface area contributed by atoms with E-state index in [1.54, 1.807) is 47.1 Å². The molecule has 0 fully saturated rings. The minimum atomic E-state index is -0.576. The van der Waals surface area contributed by atoms with Crippen LogP contribution in [0.25, 0.3) is 11.3 Å². The van der Waals surface area contributed by atoms with E-state index in [0.29, 0.717) is 32.8 Å². The second kappa shape index (κ2) is 6.57. The molecule has 0 amide bonds. The van der Waals surface area contributed by atoms with Crippen LogP contribution in [0.15, 0.2) is 47.3 Å². The molecule has 1 atom stereocenters. The Hall–Kier alpha value is -3.43. The van der Waals surface area contributed by atoms with Crippen LogP contribution in [0.3, 0.4) is 0 Å². The molecule has 144 valence electrons. The maximum absolute atomic E-state index is 12.6. The lowest BCUT2D eigenvalue weighted by Crippen LogP contribution is -2.29. The molecule has 0 saturated heterocycles. The molecule has 0 radical (unpaired) electrons. The van der Waals surface area contributed by atoms with Crippen LogP contribution in [-0.2, 0) is 0 Å². The summed E-state index contributed by atoms with van der Waals surface area (Å²) in [5.74, 6) is 0.422. The number of benzene rings is 2. The van der Waals surface area contributed by atoms with Crippen LogP contribution in [-0.4, -0.2) is 35.5 Å². The van der Waals surface area contributed by atoms with Crippen LogP contribution in [0.4, 0.5) is 11.6 Å². The van der Waals surface area contributed by atoms with Gasteiger partial charge in [-0.2, -0.15) is 9.78 Å². The van der Waals surface area contributed by atoms with Gasteiger partial charge in [-0.3, -0.25) is 4.79 Å². The number of aromatic hydroxyl groups is 1. The number of rotatable bonds is 2. The number of nitrogens with one attached hydrogen (secondary N) is 2. The van der Waals surface area contributed by atoms with Gasteiger partial charge in [0.05, 0.1) is 5.02 Å². The normalized spacial score (nSPS) is 14.8. The van der Waals surface area contributed by atoms with Crippen molar-refractivity contribution < 1.29 is 5.11 Å². The Bertz CT molecular complexity index is 1300. The first-order chi connectivity index (χ1) is 14.0. The summed E-state index contributed by atoms with van der Waals surface area (Å²) in [5.41, 5.74) is 2.17. The number of nitrogens with zero attached hydrogens (tertiary/aromatic N) is 5. The molecule has 9 nitrogen and oxygen atoms in total. The van der Waals surface area contributed by atoms with E-state index in [-0.39, 0.29) is 11.4 Å².